The van der Waals surface area contributed by atoms with E-state index in [2.05, 4.69) is 9.97 Å². The number of nitrogens with two attached hydrogens (primary N) is 1. The molecule has 0 saturated carbocycles. The third kappa shape index (κ3) is 2.16. The normalized spacial score (nSPS) is 10.7. The Bertz CT molecular complexity index is 748. The first-order valence-electron chi connectivity index (χ1n) is 6.32. The lowest BCUT2D eigenvalue weighted by atomic mass is 10.1. The molecule has 1 heterocycles. The van der Waals surface area contributed by atoms with Crippen molar-refractivity contribution in [3.8, 4) is 22.6 Å². The number of aromatic amines is 1. The molecule has 0 aliphatic rings. The van der Waals surface area contributed by atoms with Crippen LogP contribution in [0.25, 0.3) is 22.6 Å². The number of benzene rings is 2. The van der Waals surface area contributed by atoms with Gasteiger partial charge in [-0.15, -0.1) is 0 Å². The van der Waals surface area contributed by atoms with Crippen LogP contribution in [0.2, 0.25) is 0 Å². The maximum Gasteiger partial charge on any atom is 0.146 e. The summed E-state index contributed by atoms with van der Waals surface area (Å²) in [4.78, 5) is 7.84. The summed E-state index contributed by atoms with van der Waals surface area (Å²) in [5.74, 6) is 0.381. The number of nitrogen functional groups attached to an aromatic ring is 1. The molecule has 0 radical (unpaired) electrons. The van der Waals surface area contributed by atoms with E-state index in [1.165, 1.54) is 6.07 Å². The molecule has 0 aliphatic carbocycles. The van der Waals surface area contributed by atoms with Crippen LogP contribution in [-0.2, 0) is 0 Å². The van der Waals surface area contributed by atoms with Gasteiger partial charge in [0.1, 0.15) is 11.6 Å². The minimum Gasteiger partial charge on any atom is -0.396 e. The maximum atomic E-state index is 13.2. The summed E-state index contributed by atoms with van der Waals surface area (Å²) in [6.45, 7) is 1.94. The highest BCUT2D eigenvalue weighted by molar-refractivity contribution is 5.69. The first kappa shape index (κ1) is 12.4. The van der Waals surface area contributed by atoms with Crippen LogP contribution in [-0.4, -0.2) is 9.97 Å². The molecule has 20 heavy (non-hydrogen) atoms. The van der Waals surface area contributed by atoms with E-state index in [1.807, 2.05) is 37.3 Å². The Morgan fingerprint density at radius 2 is 1.80 bits per heavy atom. The Kier molecular flexibility index (Phi) is 2.99. The van der Waals surface area contributed by atoms with Crippen molar-refractivity contribution in [2.24, 2.45) is 0 Å². The number of H-pyrrole nitrogens is 1. The number of aryl methyl sites for hydroxylation is 1. The van der Waals surface area contributed by atoms with Gasteiger partial charge in [0.25, 0.3) is 0 Å². The van der Waals surface area contributed by atoms with E-state index in [0.717, 1.165) is 28.3 Å². The van der Waals surface area contributed by atoms with Crippen molar-refractivity contribution in [3.05, 3.63) is 60.0 Å². The van der Waals surface area contributed by atoms with Crippen molar-refractivity contribution in [2.75, 3.05) is 5.73 Å². The third-order valence-electron chi connectivity index (χ3n) is 3.20. The Morgan fingerprint density at radius 1 is 1.05 bits per heavy atom. The van der Waals surface area contributed by atoms with E-state index in [0.29, 0.717) is 0 Å². The molecular formula is C16H14FN3. The lowest BCUT2D eigenvalue weighted by Crippen LogP contribution is -1.91. The van der Waals surface area contributed by atoms with Gasteiger partial charge in [-0.3, -0.25) is 0 Å². The highest BCUT2D eigenvalue weighted by atomic mass is 19.1. The summed E-state index contributed by atoms with van der Waals surface area (Å²) >= 11 is 0. The highest BCUT2D eigenvalue weighted by Gasteiger charge is 2.11. The molecule has 0 amide bonds. The molecular weight excluding hydrogens is 253 g/mol. The second kappa shape index (κ2) is 4.81. The number of hydrogen-bond donors (Lipinski definition) is 2. The van der Waals surface area contributed by atoms with Crippen molar-refractivity contribution < 1.29 is 4.39 Å². The Morgan fingerprint density at radius 3 is 2.50 bits per heavy atom. The largest absolute Gasteiger partial charge is 0.396 e. The topological polar surface area (TPSA) is 54.7 Å². The van der Waals surface area contributed by atoms with Crippen LogP contribution in [0.3, 0.4) is 0 Å². The van der Waals surface area contributed by atoms with E-state index in [1.54, 1.807) is 12.1 Å². The number of hydrogen-bond acceptors (Lipinski definition) is 2. The lowest BCUT2D eigenvalue weighted by molar-refractivity contribution is 0.632. The molecule has 0 fully saturated rings. The molecule has 3 nitrogen and oxygen atoms in total. The van der Waals surface area contributed by atoms with Crippen molar-refractivity contribution in [1.29, 1.82) is 0 Å². The molecule has 0 atom stereocenters. The van der Waals surface area contributed by atoms with Gasteiger partial charge in [-0.05, 0) is 25.1 Å². The molecule has 0 unspecified atom stereocenters. The van der Waals surface area contributed by atoms with Gasteiger partial charge in [0.2, 0.25) is 0 Å². The van der Waals surface area contributed by atoms with Crippen molar-refractivity contribution >= 4 is 5.69 Å². The number of halogens is 1. The third-order valence-corrected chi connectivity index (χ3v) is 3.20. The van der Waals surface area contributed by atoms with Crippen LogP contribution in [0, 0.1) is 12.7 Å². The standard InChI is InChI=1S/C16H14FN3/c1-10-15(12-7-8-13(17)14(18)9-12)20-16(19-10)11-5-3-2-4-6-11/h2-9H,18H2,1H3,(H,19,20). The van der Waals surface area contributed by atoms with Crippen LogP contribution in [0.5, 0.6) is 0 Å². The van der Waals surface area contributed by atoms with Crippen molar-refractivity contribution in [3.63, 3.8) is 0 Å². The second-order valence-corrected chi connectivity index (χ2v) is 4.66. The van der Waals surface area contributed by atoms with Crippen LogP contribution in [0.4, 0.5) is 10.1 Å². The summed E-state index contributed by atoms with van der Waals surface area (Å²) < 4.78 is 13.2. The zero-order valence-corrected chi connectivity index (χ0v) is 11.0. The molecule has 0 aliphatic heterocycles. The molecule has 100 valence electrons. The zero-order chi connectivity index (χ0) is 14.1. The average Bonchev–Trinajstić information content (AvgIpc) is 2.85. The van der Waals surface area contributed by atoms with Gasteiger partial charge in [0.05, 0.1) is 11.4 Å². The Hall–Kier alpha value is -2.62. The first-order valence-corrected chi connectivity index (χ1v) is 6.32. The summed E-state index contributed by atoms with van der Waals surface area (Å²) in [5, 5.41) is 0. The second-order valence-electron chi connectivity index (χ2n) is 4.66. The molecule has 2 aromatic carbocycles. The molecule has 0 bridgehead atoms. The Balaban J connectivity index is 2.07. The molecule has 0 spiro atoms. The van der Waals surface area contributed by atoms with E-state index in [4.69, 9.17) is 5.73 Å². The minimum atomic E-state index is -0.412. The lowest BCUT2D eigenvalue weighted by Gasteiger charge is -2.01. The number of nitrogens with zero attached hydrogens (tertiary/aromatic N) is 1. The Labute approximate surface area is 116 Å². The molecule has 3 rings (SSSR count). The molecule has 0 saturated heterocycles. The molecule has 3 aromatic rings. The van der Waals surface area contributed by atoms with Gasteiger partial charge < -0.3 is 10.7 Å². The van der Waals surface area contributed by atoms with Crippen LogP contribution in [0.1, 0.15) is 5.69 Å². The molecule has 3 N–H and O–H groups in total. The van der Waals surface area contributed by atoms with Crippen LogP contribution in [0.15, 0.2) is 48.5 Å². The number of aromatic nitrogens is 2. The van der Waals surface area contributed by atoms with Crippen LogP contribution >= 0.6 is 0 Å². The fraction of sp³-hybridized carbons (Fsp3) is 0.0625. The van der Waals surface area contributed by atoms with E-state index < -0.39 is 5.82 Å². The summed E-state index contributed by atoms with van der Waals surface area (Å²) in [7, 11) is 0. The zero-order valence-electron chi connectivity index (χ0n) is 11.0. The fourth-order valence-electron chi connectivity index (χ4n) is 2.17. The van der Waals surface area contributed by atoms with E-state index >= 15 is 0 Å². The highest BCUT2D eigenvalue weighted by Crippen LogP contribution is 2.27. The van der Waals surface area contributed by atoms with Gasteiger partial charge >= 0.3 is 0 Å². The first-order chi connectivity index (χ1) is 9.65. The quantitative estimate of drug-likeness (QED) is 0.694. The van der Waals surface area contributed by atoms with Gasteiger partial charge in [0.15, 0.2) is 0 Å². The van der Waals surface area contributed by atoms with Crippen molar-refractivity contribution in [2.45, 2.75) is 6.92 Å². The predicted octanol–water partition coefficient (Wildman–Crippen LogP) is 3.77. The smallest absolute Gasteiger partial charge is 0.146 e. The van der Waals surface area contributed by atoms with Gasteiger partial charge in [-0.25, -0.2) is 9.37 Å². The van der Waals surface area contributed by atoms with Crippen molar-refractivity contribution in [1.82, 2.24) is 9.97 Å². The molecule has 1 aromatic heterocycles. The SMILES string of the molecule is Cc1[nH]c(-c2ccccc2)nc1-c1ccc(F)c(N)c1. The summed E-state index contributed by atoms with van der Waals surface area (Å²) in [6, 6.07) is 14.5. The van der Waals surface area contributed by atoms with Gasteiger partial charge in [0, 0.05) is 16.8 Å². The average molecular weight is 267 g/mol. The minimum absolute atomic E-state index is 0.131. The predicted molar refractivity (Wildman–Crippen MR) is 78.6 cm³/mol. The number of imidazole rings is 1. The van der Waals surface area contributed by atoms with E-state index in [-0.39, 0.29) is 5.69 Å². The van der Waals surface area contributed by atoms with Crippen LogP contribution < -0.4 is 5.73 Å². The van der Waals surface area contributed by atoms with Gasteiger partial charge in [-0.2, -0.15) is 0 Å². The summed E-state index contributed by atoms with van der Waals surface area (Å²) in [5.41, 5.74) is 9.27. The maximum absolute atomic E-state index is 13.2. The number of rotatable bonds is 2. The van der Waals surface area contributed by atoms with Gasteiger partial charge in [-0.1, -0.05) is 30.3 Å². The number of nitrogens with one attached hydrogen (secondary N) is 1. The molecule has 4 heteroatoms. The monoisotopic (exact) mass is 267 g/mol. The van der Waals surface area contributed by atoms with E-state index in [9.17, 15) is 4.39 Å². The summed E-state index contributed by atoms with van der Waals surface area (Å²) in [6.07, 6.45) is 0. The number of anilines is 1. The fourth-order valence-corrected chi connectivity index (χ4v) is 2.17.